The second-order valence-electron chi connectivity index (χ2n) is 9.04. The van der Waals surface area contributed by atoms with Crippen LogP contribution in [0.5, 0.6) is 0 Å². The normalized spacial score (nSPS) is 36.8. The summed E-state index contributed by atoms with van der Waals surface area (Å²) in [5, 5.41) is -0.405. The summed E-state index contributed by atoms with van der Waals surface area (Å²) in [6.45, 7) is 9.16. The minimum Gasteiger partial charge on any atom is -0.458 e. The van der Waals surface area contributed by atoms with Crippen molar-refractivity contribution in [1.29, 1.82) is 0 Å². The van der Waals surface area contributed by atoms with Crippen LogP contribution in [0.4, 0.5) is 0 Å². The van der Waals surface area contributed by atoms with E-state index in [4.69, 9.17) is 10.5 Å². The molecule has 0 saturated heterocycles. The Balaban J connectivity index is 1.79. The van der Waals surface area contributed by atoms with E-state index < -0.39 is 5.16 Å². The maximum Gasteiger partial charge on any atom is 0.316 e. The highest BCUT2D eigenvalue weighted by Gasteiger charge is 2.59. The Bertz CT molecular complexity index is 492. The number of carbonyl (C=O) groups is 1. The molecule has 0 aromatic carbocycles. The van der Waals surface area contributed by atoms with Crippen LogP contribution in [0.2, 0.25) is 0 Å². The summed E-state index contributed by atoms with van der Waals surface area (Å²) >= 11 is 0. The van der Waals surface area contributed by atoms with E-state index in [1.165, 1.54) is 32.1 Å². The van der Waals surface area contributed by atoms with Crippen LogP contribution in [0.25, 0.3) is 0 Å². The van der Waals surface area contributed by atoms with Crippen molar-refractivity contribution in [2.75, 3.05) is 13.2 Å². The molecule has 7 atom stereocenters. The molecule has 2 bridgehead atoms. The van der Waals surface area contributed by atoms with Gasteiger partial charge in [-0.05, 0) is 88.8 Å². The third-order valence-electron chi connectivity index (χ3n) is 8.24. The quantitative estimate of drug-likeness (QED) is 0.505. The van der Waals surface area contributed by atoms with E-state index in [0.29, 0.717) is 21.0 Å². The van der Waals surface area contributed by atoms with Gasteiger partial charge in [0.25, 0.3) is 0 Å². The van der Waals surface area contributed by atoms with Gasteiger partial charge in [0.1, 0.15) is 5.60 Å². The van der Waals surface area contributed by atoms with Crippen LogP contribution in [0.3, 0.4) is 0 Å². The fourth-order valence-corrected chi connectivity index (χ4v) is 7.23. The van der Waals surface area contributed by atoms with Gasteiger partial charge in [-0.3, -0.25) is 4.79 Å². The van der Waals surface area contributed by atoms with Crippen molar-refractivity contribution in [2.24, 2.45) is 35.3 Å². The Hall–Kier alpha value is -0.140. The van der Waals surface area contributed by atoms with E-state index in [1.807, 2.05) is 6.92 Å². The van der Waals surface area contributed by atoms with Crippen LogP contribution < -0.4 is 5.73 Å². The monoisotopic (exact) mass is 367 g/mol. The van der Waals surface area contributed by atoms with Gasteiger partial charge in [-0.1, -0.05) is 20.3 Å². The lowest BCUT2D eigenvalue weighted by atomic mass is 9.67. The van der Waals surface area contributed by atoms with Crippen LogP contribution in [0.15, 0.2) is 0 Å². The van der Waals surface area contributed by atoms with E-state index >= 15 is 0 Å². The smallest absolute Gasteiger partial charge is 0.316 e. The highest BCUT2D eigenvalue weighted by Crippen LogP contribution is 2.64. The molecule has 0 heterocycles. The lowest BCUT2D eigenvalue weighted by molar-refractivity contribution is -0.175. The van der Waals surface area contributed by atoms with Gasteiger partial charge in [-0.25, -0.2) is 0 Å². The zero-order chi connectivity index (χ0) is 18.2. The number of esters is 1. The predicted octanol–water partition coefficient (Wildman–Crippen LogP) is 4.58. The first-order valence-electron chi connectivity index (χ1n) is 10.6. The lowest BCUT2D eigenvalue weighted by Gasteiger charge is -2.45. The van der Waals surface area contributed by atoms with Crippen molar-refractivity contribution in [2.45, 2.75) is 82.9 Å². The number of hydrogen-bond donors (Lipinski definition) is 1. The van der Waals surface area contributed by atoms with Gasteiger partial charge in [0.2, 0.25) is 0 Å². The van der Waals surface area contributed by atoms with Crippen molar-refractivity contribution < 1.29 is 9.53 Å². The van der Waals surface area contributed by atoms with Crippen LogP contribution in [-0.2, 0) is 9.53 Å². The molecular weight excluding hydrogens is 329 g/mol. The highest BCUT2D eigenvalue weighted by atomic mass is 31.1. The Kier molecular flexibility index (Phi) is 5.86. The van der Waals surface area contributed by atoms with Gasteiger partial charge < -0.3 is 10.5 Å². The first kappa shape index (κ1) is 19.6. The number of ether oxygens (including phenoxy) is 1. The SMILES string of the molecule is CCC(CC)(OC(=O)C(C)(CCN)PC)C1CC2CC1C1CCCC21. The van der Waals surface area contributed by atoms with Crippen LogP contribution >= 0.6 is 8.58 Å². The molecule has 2 N–H and O–H groups in total. The zero-order valence-electron chi connectivity index (χ0n) is 16.6. The van der Waals surface area contributed by atoms with Crippen molar-refractivity contribution in [3.63, 3.8) is 0 Å². The molecule has 25 heavy (non-hydrogen) atoms. The van der Waals surface area contributed by atoms with Crippen LogP contribution in [-0.4, -0.2) is 29.9 Å². The number of fused-ring (bicyclic) bond motifs is 5. The molecule has 4 heteroatoms. The topological polar surface area (TPSA) is 52.3 Å². The van der Waals surface area contributed by atoms with E-state index in [1.54, 1.807) is 0 Å². The second kappa shape index (κ2) is 7.47. The Morgan fingerprint density at radius 2 is 1.84 bits per heavy atom. The molecule has 3 fully saturated rings. The maximum atomic E-state index is 13.1. The van der Waals surface area contributed by atoms with Crippen molar-refractivity contribution in [3.8, 4) is 0 Å². The highest BCUT2D eigenvalue weighted by molar-refractivity contribution is 7.40. The van der Waals surface area contributed by atoms with Crippen molar-refractivity contribution in [1.82, 2.24) is 0 Å². The van der Waals surface area contributed by atoms with Crippen molar-refractivity contribution in [3.05, 3.63) is 0 Å². The molecule has 0 aromatic rings. The van der Waals surface area contributed by atoms with Crippen LogP contribution in [0, 0.1) is 29.6 Å². The molecule has 3 aliphatic rings. The molecule has 0 spiro atoms. The summed E-state index contributed by atoms with van der Waals surface area (Å²) in [4.78, 5) is 13.1. The summed E-state index contributed by atoms with van der Waals surface area (Å²) in [6, 6.07) is 0. The average Bonchev–Trinajstić information content (AvgIpc) is 3.32. The number of carbonyl (C=O) groups excluding carboxylic acids is 1. The molecule has 3 aliphatic carbocycles. The minimum absolute atomic E-state index is 0.00762. The van der Waals surface area contributed by atoms with Gasteiger partial charge in [-0.2, -0.15) is 0 Å². The summed E-state index contributed by atoms with van der Waals surface area (Å²) in [6.07, 6.45) is 9.61. The first-order valence-corrected chi connectivity index (χ1v) is 12.1. The second-order valence-corrected chi connectivity index (χ2v) is 10.6. The molecule has 7 unspecified atom stereocenters. The molecule has 0 radical (unpaired) electrons. The van der Waals surface area contributed by atoms with Gasteiger partial charge in [0.15, 0.2) is 0 Å². The largest absolute Gasteiger partial charge is 0.458 e. The Morgan fingerprint density at radius 1 is 1.16 bits per heavy atom. The van der Waals surface area contributed by atoms with E-state index in [-0.39, 0.29) is 11.6 Å². The van der Waals surface area contributed by atoms with Crippen LogP contribution in [0.1, 0.15) is 72.1 Å². The summed E-state index contributed by atoms with van der Waals surface area (Å²) in [7, 11) is 0.538. The molecule has 144 valence electrons. The fourth-order valence-electron chi connectivity index (χ4n) is 6.58. The Labute approximate surface area is 156 Å². The molecule has 3 saturated carbocycles. The van der Waals surface area contributed by atoms with E-state index in [2.05, 4.69) is 20.5 Å². The summed E-state index contributed by atoms with van der Waals surface area (Å²) < 4.78 is 6.44. The molecular formula is C21H38NO2P. The Morgan fingerprint density at radius 3 is 2.44 bits per heavy atom. The molecule has 3 rings (SSSR count). The van der Waals surface area contributed by atoms with E-state index in [0.717, 1.165) is 42.9 Å². The third kappa shape index (κ3) is 3.18. The van der Waals surface area contributed by atoms with Gasteiger partial charge in [-0.15, -0.1) is 8.58 Å². The number of hydrogen-bond acceptors (Lipinski definition) is 3. The van der Waals surface area contributed by atoms with Gasteiger partial charge >= 0.3 is 5.97 Å². The molecule has 3 nitrogen and oxygen atoms in total. The third-order valence-corrected chi connectivity index (χ3v) is 9.80. The molecule has 0 aliphatic heterocycles. The number of nitrogens with two attached hydrogens (primary N) is 1. The maximum absolute atomic E-state index is 13.1. The zero-order valence-corrected chi connectivity index (χ0v) is 17.6. The number of rotatable bonds is 8. The van der Waals surface area contributed by atoms with Gasteiger partial charge in [0, 0.05) is 5.92 Å². The molecule has 0 amide bonds. The molecule has 0 aromatic heterocycles. The summed E-state index contributed by atoms with van der Waals surface area (Å²) in [5.74, 6) is 4.20. The lowest BCUT2D eigenvalue weighted by Crippen LogP contribution is -2.49. The first-order chi connectivity index (χ1) is 11.9. The predicted molar refractivity (Wildman–Crippen MR) is 106 cm³/mol. The van der Waals surface area contributed by atoms with Crippen molar-refractivity contribution >= 4 is 14.6 Å². The summed E-state index contributed by atoms with van der Waals surface area (Å²) in [5.41, 5.74) is 5.53. The average molecular weight is 368 g/mol. The standard InChI is InChI=1S/C21H38NO2P/c1-5-21(6-2,24-19(23)20(3,25-4)10-11-22)18-13-14-12-17(18)16-9-7-8-15(14)16/h14-18,25H,5-13,22H2,1-4H3. The minimum atomic E-state index is -0.405. The van der Waals surface area contributed by atoms with Gasteiger partial charge in [0.05, 0.1) is 5.16 Å². The fraction of sp³-hybridized carbons (Fsp3) is 0.952. The van der Waals surface area contributed by atoms with E-state index in [9.17, 15) is 4.79 Å².